The van der Waals surface area contributed by atoms with Crippen LogP contribution in [0.5, 0.6) is 0 Å². The molecule has 0 saturated carbocycles. The highest BCUT2D eigenvalue weighted by Crippen LogP contribution is 2.23. The number of hydrogen-bond donors (Lipinski definition) is 1. The third kappa shape index (κ3) is 3.77. The summed E-state index contributed by atoms with van der Waals surface area (Å²) in [6.45, 7) is 3.20. The van der Waals surface area contributed by atoms with Crippen LogP contribution in [0.2, 0.25) is 0 Å². The van der Waals surface area contributed by atoms with E-state index in [-0.39, 0.29) is 24.8 Å². The summed E-state index contributed by atoms with van der Waals surface area (Å²) in [6, 6.07) is 3.00. The third-order valence-electron chi connectivity index (χ3n) is 3.73. The Labute approximate surface area is 122 Å². The fourth-order valence-electron chi connectivity index (χ4n) is 2.67. The standard InChI is InChI=1S/C15H19F2NO3/c1-2-5-18(14-9-21-8-12(14)15(19)20)7-10-6-11(16)3-4-13(10)17/h3-4,6,12,14H,2,5,7-9H2,1H3,(H,19,20). The monoisotopic (exact) mass is 299 g/mol. The zero-order valence-corrected chi connectivity index (χ0v) is 11.9. The van der Waals surface area contributed by atoms with Crippen LogP contribution in [-0.4, -0.2) is 41.8 Å². The average molecular weight is 299 g/mol. The van der Waals surface area contributed by atoms with Crippen molar-refractivity contribution < 1.29 is 23.4 Å². The molecule has 1 fully saturated rings. The number of carboxylic acids is 1. The molecule has 1 aromatic rings. The van der Waals surface area contributed by atoms with Gasteiger partial charge < -0.3 is 9.84 Å². The molecule has 0 amide bonds. The lowest BCUT2D eigenvalue weighted by atomic mass is 10.0. The van der Waals surface area contributed by atoms with Gasteiger partial charge in [0.25, 0.3) is 0 Å². The first-order valence-electron chi connectivity index (χ1n) is 7.01. The minimum Gasteiger partial charge on any atom is -0.481 e. The lowest BCUT2D eigenvalue weighted by Crippen LogP contribution is -2.43. The van der Waals surface area contributed by atoms with Crippen LogP contribution in [0.1, 0.15) is 18.9 Å². The van der Waals surface area contributed by atoms with Gasteiger partial charge in [0.15, 0.2) is 0 Å². The molecule has 1 heterocycles. The van der Waals surface area contributed by atoms with Gasteiger partial charge in [-0.25, -0.2) is 8.78 Å². The average Bonchev–Trinajstić information content (AvgIpc) is 2.91. The summed E-state index contributed by atoms with van der Waals surface area (Å²) in [5.74, 6) is -2.53. The molecule has 2 atom stereocenters. The summed E-state index contributed by atoms with van der Waals surface area (Å²) in [6.07, 6.45) is 0.791. The summed E-state index contributed by atoms with van der Waals surface area (Å²) in [4.78, 5) is 13.1. The van der Waals surface area contributed by atoms with Crippen LogP contribution < -0.4 is 0 Å². The molecular weight excluding hydrogens is 280 g/mol. The summed E-state index contributed by atoms with van der Waals surface area (Å²) in [7, 11) is 0. The Morgan fingerprint density at radius 1 is 1.43 bits per heavy atom. The molecule has 1 aliphatic rings. The van der Waals surface area contributed by atoms with Gasteiger partial charge in [-0.15, -0.1) is 0 Å². The first-order chi connectivity index (χ1) is 10.0. The highest BCUT2D eigenvalue weighted by atomic mass is 19.1. The highest BCUT2D eigenvalue weighted by Gasteiger charge is 2.37. The van der Waals surface area contributed by atoms with E-state index < -0.39 is 23.5 Å². The second kappa shape index (κ2) is 6.95. The predicted molar refractivity (Wildman–Crippen MR) is 72.8 cm³/mol. The lowest BCUT2D eigenvalue weighted by molar-refractivity contribution is -0.143. The number of hydrogen-bond acceptors (Lipinski definition) is 3. The quantitative estimate of drug-likeness (QED) is 0.875. The molecule has 1 N–H and O–H groups in total. The molecule has 1 aromatic carbocycles. The number of rotatable bonds is 6. The summed E-state index contributed by atoms with van der Waals surface area (Å²) in [5, 5.41) is 9.22. The molecule has 21 heavy (non-hydrogen) atoms. The van der Waals surface area contributed by atoms with Crippen molar-refractivity contribution >= 4 is 5.97 Å². The maximum atomic E-state index is 13.8. The largest absolute Gasteiger partial charge is 0.481 e. The van der Waals surface area contributed by atoms with E-state index in [9.17, 15) is 18.7 Å². The Morgan fingerprint density at radius 3 is 2.86 bits per heavy atom. The zero-order chi connectivity index (χ0) is 15.4. The first-order valence-corrected chi connectivity index (χ1v) is 7.01. The van der Waals surface area contributed by atoms with E-state index in [1.54, 1.807) is 0 Å². The van der Waals surface area contributed by atoms with E-state index in [2.05, 4.69) is 0 Å². The molecule has 1 saturated heterocycles. The molecule has 0 bridgehead atoms. The predicted octanol–water partition coefficient (Wildman–Crippen LogP) is 2.28. The molecule has 4 nitrogen and oxygen atoms in total. The van der Waals surface area contributed by atoms with E-state index in [4.69, 9.17) is 4.74 Å². The second-order valence-corrected chi connectivity index (χ2v) is 5.26. The van der Waals surface area contributed by atoms with Crippen molar-refractivity contribution in [2.75, 3.05) is 19.8 Å². The summed E-state index contributed by atoms with van der Waals surface area (Å²) in [5.41, 5.74) is 0.236. The molecule has 1 aliphatic heterocycles. The van der Waals surface area contributed by atoms with Crippen molar-refractivity contribution in [2.24, 2.45) is 5.92 Å². The molecule has 0 radical (unpaired) electrons. The van der Waals surface area contributed by atoms with E-state index >= 15 is 0 Å². The topological polar surface area (TPSA) is 49.8 Å². The van der Waals surface area contributed by atoms with Crippen molar-refractivity contribution in [3.8, 4) is 0 Å². The lowest BCUT2D eigenvalue weighted by Gasteiger charge is -2.30. The van der Waals surface area contributed by atoms with Crippen LogP contribution in [0.4, 0.5) is 8.78 Å². The van der Waals surface area contributed by atoms with E-state index in [0.717, 1.165) is 24.6 Å². The van der Waals surface area contributed by atoms with Crippen LogP contribution in [0.25, 0.3) is 0 Å². The van der Waals surface area contributed by atoms with Crippen molar-refractivity contribution in [3.05, 3.63) is 35.4 Å². The van der Waals surface area contributed by atoms with Crippen LogP contribution in [-0.2, 0) is 16.1 Å². The van der Waals surface area contributed by atoms with Crippen molar-refractivity contribution in [2.45, 2.75) is 25.9 Å². The van der Waals surface area contributed by atoms with Crippen LogP contribution >= 0.6 is 0 Å². The van der Waals surface area contributed by atoms with Crippen LogP contribution in [0, 0.1) is 17.6 Å². The summed E-state index contributed by atoms with van der Waals surface area (Å²) >= 11 is 0. The fourth-order valence-corrected chi connectivity index (χ4v) is 2.67. The first kappa shape index (κ1) is 15.9. The third-order valence-corrected chi connectivity index (χ3v) is 3.73. The van der Waals surface area contributed by atoms with Crippen molar-refractivity contribution in [3.63, 3.8) is 0 Å². The number of aliphatic carboxylic acids is 1. The number of carbonyl (C=O) groups is 1. The number of halogens is 2. The Bertz CT molecular complexity index is 510. The Morgan fingerprint density at radius 2 is 2.19 bits per heavy atom. The van der Waals surface area contributed by atoms with Gasteiger partial charge in [-0.3, -0.25) is 9.69 Å². The minimum atomic E-state index is -0.918. The van der Waals surface area contributed by atoms with E-state index in [0.29, 0.717) is 13.2 Å². The van der Waals surface area contributed by atoms with Crippen molar-refractivity contribution in [1.82, 2.24) is 4.90 Å². The van der Waals surface area contributed by atoms with Crippen LogP contribution in [0.3, 0.4) is 0 Å². The second-order valence-electron chi connectivity index (χ2n) is 5.26. The highest BCUT2D eigenvalue weighted by molar-refractivity contribution is 5.71. The van der Waals surface area contributed by atoms with Gasteiger partial charge in [-0.1, -0.05) is 6.92 Å². The Hall–Kier alpha value is -1.53. The molecule has 2 rings (SSSR count). The maximum absolute atomic E-state index is 13.8. The van der Waals surface area contributed by atoms with E-state index in [1.807, 2.05) is 11.8 Å². The number of ether oxygens (including phenoxy) is 1. The number of benzene rings is 1. The fraction of sp³-hybridized carbons (Fsp3) is 0.533. The molecule has 0 spiro atoms. The van der Waals surface area contributed by atoms with Crippen molar-refractivity contribution in [1.29, 1.82) is 0 Å². The van der Waals surface area contributed by atoms with Gasteiger partial charge in [0, 0.05) is 18.2 Å². The Kier molecular flexibility index (Phi) is 5.25. The molecule has 6 heteroatoms. The van der Waals surface area contributed by atoms with Crippen LogP contribution in [0.15, 0.2) is 18.2 Å². The summed E-state index contributed by atoms with van der Waals surface area (Å²) < 4.78 is 32.3. The number of carboxylic acid groups (broad SMARTS) is 1. The van der Waals surface area contributed by atoms with Gasteiger partial charge in [0.1, 0.15) is 11.6 Å². The van der Waals surface area contributed by atoms with Gasteiger partial charge in [0.05, 0.1) is 19.1 Å². The molecule has 116 valence electrons. The molecular formula is C15H19F2NO3. The maximum Gasteiger partial charge on any atom is 0.310 e. The SMILES string of the molecule is CCCN(Cc1cc(F)ccc1F)C1COCC1C(=O)O. The van der Waals surface area contributed by atoms with Gasteiger partial charge in [-0.05, 0) is 31.2 Å². The smallest absolute Gasteiger partial charge is 0.310 e. The van der Waals surface area contributed by atoms with Gasteiger partial charge >= 0.3 is 5.97 Å². The van der Waals surface area contributed by atoms with E-state index in [1.165, 1.54) is 0 Å². The molecule has 0 aromatic heterocycles. The molecule has 0 aliphatic carbocycles. The van der Waals surface area contributed by atoms with Gasteiger partial charge in [0.2, 0.25) is 0 Å². The Balaban J connectivity index is 2.18. The van der Waals surface area contributed by atoms with Gasteiger partial charge in [-0.2, -0.15) is 0 Å². The zero-order valence-electron chi connectivity index (χ0n) is 11.9. The molecule has 2 unspecified atom stereocenters. The minimum absolute atomic E-state index is 0.159. The normalized spacial score (nSPS) is 21.9. The number of nitrogens with zero attached hydrogens (tertiary/aromatic N) is 1.